The van der Waals surface area contributed by atoms with Gasteiger partial charge in [-0.25, -0.2) is 0 Å². The van der Waals surface area contributed by atoms with Gasteiger partial charge in [-0.15, -0.1) is 0 Å². The number of carbonyl (C=O) groups excluding carboxylic acids is 2. The number of allylic oxidation sites excluding steroid dienone is 2. The first-order valence-corrected chi connectivity index (χ1v) is 7.69. The van der Waals surface area contributed by atoms with Crippen LogP contribution in [-0.4, -0.2) is 18.4 Å². The summed E-state index contributed by atoms with van der Waals surface area (Å²) in [7, 11) is 0. The highest BCUT2D eigenvalue weighted by Crippen LogP contribution is 2.59. The van der Waals surface area contributed by atoms with Crippen molar-refractivity contribution in [3.05, 3.63) is 35.9 Å². The summed E-state index contributed by atoms with van der Waals surface area (Å²) >= 11 is 0. The minimum Gasteiger partial charge on any atom is -0.484 e. The van der Waals surface area contributed by atoms with Crippen molar-refractivity contribution in [2.45, 2.75) is 27.7 Å². The van der Waals surface area contributed by atoms with Gasteiger partial charge in [-0.3, -0.25) is 9.59 Å². The molecule has 0 saturated heterocycles. The molecule has 0 bridgehead atoms. The van der Waals surface area contributed by atoms with Crippen LogP contribution in [0.3, 0.4) is 0 Å². The summed E-state index contributed by atoms with van der Waals surface area (Å²) in [5, 5.41) is 2.93. The fourth-order valence-corrected chi connectivity index (χ4v) is 2.89. The Hall–Kier alpha value is -2.30. The number of ether oxygens (including phenoxy) is 1. The van der Waals surface area contributed by atoms with Crippen molar-refractivity contribution in [3.63, 3.8) is 0 Å². The molecule has 2 atom stereocenters. The summed E-state index contributed by atoms with van der Waals surface area (Å²) in [6.45, 7) is 8.11. The number of amides is 2. The smallest absolute Gasteiger partial charge is 0.255 e. The molecule has 1 aliphatic carbocycles. The van der Waals surface area contributed by atoms with Crippen LogP contribution in [0.4, 0.5) is 5.69 Å². The van der Waals surface area contributed by atoms with Crippen molar-refractivity contribution in [2.24, 2.45) is 23.0 Å². The lowest BCUT2D eigenvalue weighted by Gasteiger charge is -2.09. The molecule has 2 amide bonds. The second-order valence-electron chi connectivity index (χ2n) is 6.84. The largest absolute Gasteiger partial charge is 0.484 e. The zero-order valence-corrected chi connectivity index (χ0v) is 14.1. The molecule has 5 heteroatoms. The number of anilines is 1. The number of rotatable bonds is 6. The molecule has 0 spiro atoms. The zero-order valence-electron chi connectivity index (χ0n) is 14.1. The van der Waals surface area contributed by atoms with E-state index in [0.29, 0.717) is 11.4 Å². The van der Waals surface area contributed by atoms with Crippen LogP contribution in [-0.2, 0) is 9.59 Å². The van der Waals surface area contributed by atoms with Gasteiger partial charge in [0.25, 0.3) is 5.91 Å². The van der Waals surface area contributed by atoms with Crippen LogP contribution in [0.2, 0.25) is 0 Å². The van der Waals surface area contributed by atoms with Crippen molar-refractivity contribution in [1.29, 1.82) is 0 Å². The number of hydrogen-bond acceptors (Lipinski definition) is 3. The number of nitrogens with two attached hydrogens (primary N) is 1. The van der Waals surface area contributed by atoms with E-state index in [1.807, 2.05) is 13.8 Å². The maximum absolute atomic E-state index is 12.5. The lowest BCUT2D eigenvalue weighted by atomic mass is 10.1. The van der Waals surface area contributed by atoms with Gasteiger partial charge in [0.1, 0.15) is 5.75 Å². The SMILES string of the molecule is CC(C)=CC1C(C(=O)Nc2cccc(OCC(N)=O)c2)C1(C)C. The summed E-state index contributed by atoms with van der Waals surface area (Å²) in [4.78, 5) is 23.3. The van der Waals surface area contributed by atoms with Crippen molar-refractivity contribution in [2.75, 3.05) is 11.9 Å². The van der Waals surface area contributed by atoms with Crippen molar-refractivity contribution >= 4 is 17.5 Å². The minimum absolute atomic E-state index is 0.00421. The Labute approximate surface area is 136 Å². The maximum Gasteiger partial charge on any atom is 0.255 e. The van der Waals surface area contributed by atoms with Gasteiger partial charge in [0, 0.05) is 11.8 Å². The molecule has 1 aromatic rings. The van der Waals surface area contributed by atoms with Crippen molar-refractivity contribution in [1.82, 2.24) is 0 Å². The van der Waals surface area contributed by atoms with E-state index >= 15 is 0 Å². The Morgan fingerprint density at radius 1 is 1.35 bits per heavy atom. The molecule has 0 aliphatic heterocycles. The lowest BCUT2D eigenvalue weighted by molar-refractivity contribution is -0.120. The molecule has 3 N–H and O–H groups in total. The van der Waals surface area contributed by atoms with Crippen molar-refractivity contribution < 1.29 is 14.3 Å². The van der Waals surface area contributed by atoms with Crippen LogP contribution in [0.25, 0.3) is 0 Å². The van der Waals surface area contributed by atoms with Gasteiger partial charge >= 0.3 is 0 Å². The van der Waals surface area contributed by atoms with E-state index in [9.17, 15) is 9.59 Å². The fourth-order valence-electron chi connectivity index (χ4n) is 2.89. The predicted octanol–water partition coefficient (Wildman–Crippen LogP) is 2.73. The molecule has 2 unspecified atom stereocenters. The minimum atomic E-state index is -0.538. The first-order valence-electron chi connectivity index (χ1n) is 7.69. The third kappa shape index (κ3) is 4.12. The highest BCUT2D eigenvalue weighted by Gasteiger charge is 2.60. The maximum atomic E-state index is 12.5. The Balaban J connectivity index is 2.02. The number of hydrogen-bond donors (Lipinski definition) is 2. The standard InChI is InChI=1S/C18H24N2O3/c1-11(2)8-14-16(18(14,3)4)17(22)20-12-6-5-7-13(9-12)23-10-15(19)21/h5-9,14,16H,10H2,1-4H3,(H2,19,21)(H,20,22). The molecule has 0 heterocycles. The third-order valence-electron chi connectivity index (χ3n) is 4.19. The first-order chi connectivity index (χ1) is 10.7. The lowest BCUT2D eigenvalue weighted by Crippen LogP contribution is -2.20. The monoisotopic (exact) mass is 316 g/mol. The highest BCUT2D eigenvalue weighted by atomic mass is 16.5. The molecule has 1 aromatic carbocycles. The molecular weight excluding hydrogens is 292 g/mol. The van der Waals surface area contributed by atoms with E-state index in [0.717, 1.165) is 0 Å². The van der Waals surface area contributed by atoms with E-state index in [4.69, 9.17) is 10.5 Å². The summed E-state index contributed by atoms with van der Waals surface area (Å²) in [5.41, 5.74) is 6.90. The molecule has 2 rings (SSSR count). The third-order valence-corrected chi connectivity index (χ3v) is 4.19. The van der Waals surface area contributed by atoms with Crippen LogP contribution in [0.5, 0.6) is 5.75 Å². The van der Waals surface area contributed by atoms with Gasteiger partial charge in [-0.1, -0.05) is 31.6 Å². The van der Waals surface area contributed by atoms with Crippen LogP contribution < -0.4 is 15.8 Å². The van der Waals surface area contributed by atoms with E-state index in [-0.39, 0.29) is 29.8 Å². The molecule has 23 heavy (non-hydrogen) atoms. The molecule has 1 aliphatic rings. The topological polar surface area (TPSA) is 81.4 Å². The molecule has 0 radical (unpaired) electrons. The van der Waals surface area contributed by atoms with Gasteiger partial charge in [0.2, 0.25) is 5.91 Å². The molecule has 5 nitrogen and oxygen atoms in total. The van der Waals surface area contributed by atoms with Crippen LogP contribution in [0.15, 0.2) is 35.9 Å². The Morgan fingerprint density at radius 3 is 2.65 bits per heavy atom. The van der Waals surface area contributed by atoms with Crippen LogP contribution in [0, 0.1) is 17.3 Å². The zero-order chi connectivity index (χ0) is 17.2. The normalized spacial score (nSPS) is 21.2. The molecule has 1 saturated carbocycles. The van der Waals surface area contributed by atoms with E-state index in [1.54, 1.807) is 24.3 Å². The van der Waals surface area contributed by atoms with Crippen LogP contribution in [0.1, 0.15) is 27.7 Å². The molecule has 0 aromatic heterocycles. The van der Waals surface area contributed by atoms with Gasteiger partial charge in [-0.05, 0) is 37.3 Å². The van der Waals surface area contributed by atoms with Gasteiger partial charge in [0.05, 0.1) is 5.92 Å². The van der Waals surface area contributed by atoms with E-state index in [1.165, 1.54) is 5.57 Å². The average molecular weight is 316 g/mol. The summed E-state index contributed by atoms with van der Waals surface area (Å²) < 4.78 is 5.25. The number of primary amides is 1. The predicted molar refractivity (Wildman–Crippen MR) is 90.0 cm³/mol. The molecule has 124 valence electrons. The summed E-state index contributed by atoms with van der Waals surface area (Å²) in [5.74, 6) is 0.195. The molecule has 1 fully saturated rings. The van der Waals surface area contributed by atoms with Crippen LogP contribution >= 0.6 is 0 Å². The quantitative estimate of drug-likeness (QED) is 0.792. The Morgan fingerprint density at radius 2 is 2.04 bits per heavy atom. The summed E-state index contributed by atoms with van der Waals surface area (Å²) in [6.07, 6.45) is 2.16. The Kier molecular flexibility index (Phi) is 4.78. The molecular formula is C18H24N2O3. The number of carbonyl (C=O) groups is 2. The van der Waals surface area contributed by atoms with E-state index < -0.39 is 5.91 Å². The second-order valence-corrected chi connectivity index (χ2v) is 6.84. The van der Waals surface area contributed by atoms with Gasteiger partial charge in [-0.2, -0.15) is 0 Å². The Bertz CT molecular complexity index is 645. The van der Waals surface area contributed by atoms with Gasteiger partial charge < -0.3 is 15.8 Å². The first kappa shape index (κ1) is 17.1. The van der Waals surface area contributed by atoms with E-state index in [2.05, 4.69) is 25.2 Å². The second kappa shape index (κ2) is 6.44. The number of nitrogens with one attached hydrogen (secondary N) is 1. The number of benzene rings is 1. The summed E-state index contributed by atoms with van der Waals surface area (Å²) in [6, 6.07) is 6.95. The van der Waals surface area contributed by atoms with Gasteiger partial charge in [0.15, 0.2) is 6.61 Å². The average Bonchev–Trinajstić information content (AvgIpc) is 2.97. The van der Waals surface area contributed by atoms with Crippen molar-refractivity contribution in [3.8, 4) is 5.75 Å². The fraction of sp³-hybridized carbons (Fsp3) is 0.444. The highest BCUT2D eigenvalue weighted by molar-refractivity contribution is 5.96.